The van der Waals surface area contributed by atoms with Crippen molar-refractivity contribution in [2.75, 3.05) is 0 Å². The van der Waals surface area contributed by atoms with Crippen molar-refractivity contribution in [1.82, 2.24) is 0 Å². The molecule has 0 radical (unpaired) electrons. The molecule has 0 aromatic carbocycles. The standard InChI is InChI=1S/C30H48O5/c1-17-10-13-30(24(33)34)15-14-26(4)18(23(30)29(17,7)35)8-9-20-27(26,5)12-11-19-25(2,3)21(31)16-22(32)28(19,20)6/h8,17,19-23,31-32,35H,9-16H2,1-7H3,(H,33,34). The summed E-state index contributed by atoms with van der Waals surface area (Å²) in [6, 6.07) is 0. The van der Waals surface area contributed by atoms with Gasteiger partial charge < -0.3 is 20.4 Å². The molecule has 0 saturated heterocycles. The number of rotatable bonds is 1. The first-order valence-corrected chi connectivity index (χ1v) is 14.0. The van der Waals surface area contributed by atoms with Crippen LogP contribution in [-0.4, -0.2) is 44.2 Å². The van der Waals surface area contributed by atoms with Gasteiger partial charge in [0, 0.05) is 17.8 Å². The Hall–Kier alpha value is -0.910. The number of hydrogen-bond donors (Lipinski definition) is 4. The molecule has 0 aliphatic heterocycles. The number of hydrogen-bond acceptors (Lipinski definition) is 4. The molecule has 0 bridgehead atoms. The van der Waals surface area contributed by atoms with Gasteiger partial charge in [-0.05, 0) is 85.9 Å². The number of allylic oxidation sites excluding steroid dienone is 1. The first kappa shape index (κ1) is 25.7. The minimum atomic E-state index is -1.06. The topological polar surface area (TPSA) is 98.0 Å². The van der Waals surface area contributed by atoms with Gasteiger partial charge >= 0.3 is 5.97 Å². The second kappa shape index (κ2) is 7.35. The highest BCUT2D eigenvalue weighted by atomic mass is 16.4. The van der Waals surface area contributed by atoms with E-state index in [1.807, 2.05) is 6.92 Å². The van der Waals surface area contributed by atoms with E-state index in [9.17, 15) is 25.2 Å². The Morgan fingerprint density at radius 3 is 2.20 bits per heavy atom. The quantitative estimate of drug-likeness (QED) is 0.382. The Labute approximate surface area is 211 Å². The van der Waals surface area contributed by atoms with Gasteiger partial charge in [-0.15, -0.1) is 0 Å². The van der Waals surface area contributed by atoms with Gasteiger partial charge in [0.25, 0.3) is 0 Å². The summed E-state index contributed by atoms with van der Waals surface area (Å²) < 4.78 is 0. The van der Waals surface area contributed by atoms with Gasteiger partial charge in [-0.25, -0.2) is 0 Å². The average Bonchev–Trinajstić information content (AvgIpc) is 2.75. The van der Waals surface area contributed by atoms with Crippen LogP contribution in [0.25, 0.3) is 0 Å². The van der Waals surface area contributed by atoms with Gasteiger partial charge in [0.2, 0.25) is 0 Å². The molecule has 0 aromatic rings. The molecule has 35 heavy (non-hydrogen) atoms. The van der Waals surface area contributed by atoms with E-state index in [1.165, 1.54) is 5.57 Å². The Kier molecular flexibility index (Phi) is 5.40. The SMILES string of the molecule is CC1CCC2(C(=O)O)CCC3(C)C(=CCC4C5(C)C(O)CC(O)C(C)(C)C5CCC43C)C2C1(C)O. The summed E-state index contributed by atoms with van der Waals surface area (Å²) in [4.78, 5) is 12.8. The van der Waals surface area contributed by atoms with Gasteiger partial charge in [0.1, 0.15) is 0 Å². The van der Waals surface area contributed by atoms with Crippen LogP contribution < -0.4 is 0 Å². The molecule has 0 spiro atoms. The lowest BCUT2D eigenvalue weighted by molar-refractivity contribution is -0.248. The predicted molar refractivity (Wildman–Crippen MR) is 135 cm³/mol. The van der Waals surface area contributed by atoms with Gasteiger partial charge in [0.15, 0.2) is 0 Å². The van der Waals surface area contributed by atoms with Crippen molar-refractivity contribution in [3.8, 4) is 0 Å². The summed E-state index contributed by atoms with van der Waals surface area (Å²) in [5.74, 6) is -0.617. The van der Waals surface area contributed by atoms with Crippen molar-refractivity contribution >= 4 is 5.97 Å². The van der Waals surface area contributed by atoms with Crippen LogP contribution in [0.3, 0.4) is 0 Å². The van der Waals surface area contributed by atoms with Gasteiger partial charge in [0.05, 0.1) is 23.2 Å². The van der Waals surface area contributed by atoms with Gasteiger partial charge in [-0.1, -0.05) is 53.2 Å². The van der Waals surface area contributed by atoms with Crippen LogP contribution in [0.4, 0.5) is 0 Å². The third kappa shape index (κ3) is 2.84. The lowest BCUT2D eigenvalue weighted by Gasteiger charge is -2.72. The van der Waals surface area contributed by atoms with Crippen LogP contribution in [0.2, 0.25) is 0 Å². The normalized spacial score (nSPS) is 57.1. The fourth-order valence-corrected chi connectivity index (χ4v) is 10.8. The first-order chi connectivity index (χ1) is 16.0. The maximum Gasteiger partial charge on any atom is 0.310 e. The molecule has 198 valence electrons. The van der Waals surface area contributed by atoms with Gasteiger partial charge in [-0.2, -0.15) is 0 Å². The van der Waals surface area contributed by atoms with Crippen molar-refractivity contribution in [2.45, 2.75) is 118 Å². The zero-order valence-electron chi connectivity index (χ0n) is 22.9. The van der Waals surface area contributed by atoms with Crippen molar-refractivity contribution < 1.29 is 25.2 Å². The van der Waals surface area contributed by atoms with E-state index in [-0.39, 0.29) is 45.3 Å². The molecule has 4 saturated carbocycles. The maximum atomic E-state index is 12.8. The maximum absolute atomic E-state index is 12.8. The van der Waals surface area contributed by atoms with Gasteiger partial charge in [-0.3, -0.25) is 4.79 Å². The Morgan fingerprint density at radius 1 is 0.914 bits per heavy atom. The number of aliphatic hydroxyl groups is 3. The highest BCUT2D eigenvalue weighted by Crippen LogP contribution is 2.76. The predicted octanol–water partition coefficient (Wildman–Crippen LogP) is 5.18. The molecule has 5 nitrogen and oxygen atoms in total. The Morgan fingerprint density at radius 2 is 1.57 bits per heavy atom. The minimum absolute atomic E-state index is 0.0458. The number of aliphatic carboxylic acids is 1. The van der Waals surface area contributed by atoms with Crippen molar-refractivity contribution in [3.05, 3.63) is 11.6 Å². The van der Waals surface area contributed by atoms with Crippen LogP contribution in [0.1, 0.15) is 99.8 Å². The molecular weight excluding hydrogens is 440 g/mol. The molecule has 5 heteroatoms. The molecule has 4 fully saturated rings. The summed E-state index contributed by atoms with van der Waals surface area (Å²) >= 11 is 0. The molecule has 4 N–H and O–H groups in total. The largest absolute Gasteiger partial charge is 0.481 e. The number of aliphatic hydroxyl groups excluding tert-OH is 2. The lowest BCUT2D eigenvalue weighted by atomic mass is 9.32. The van der Waals surface area contributed by atoms with Crippen molar-refractivity contribution in [2.24, 2.45) is 50.7 Å². The van der Waals surface area contributed by atoms with Crippen LogP contribution in [-0.2, 0) is 4.79 Å². The molecule has 0 heterocycles. The summed E-state index contributed by atoms with van der Waals surface area (Å²) in [5, 5.41) is 44.8. The van der Waals surface area contributed by atoms with Crippen molar-refractivity contribution in [3.63, 3.8) is 0 Å². The average molecular weight is 489 g/mol. The molecule has 5 aliphatic carbocycles. The van der Waals surface area contributed by atoms with E-state index in [0.29, 0.717) is 19.3 Å². The molecular formula is C30H48O5. The lowest BCUT2D eigenvalue weighted by Crippen LogP contribution is -2.69. The van der Waals surface area contributed by atoms with Crippen LogP contribution in [0.15, 0.2) is 11.6 Å². The number of carboxylic acid groups (broad SMARTS) is 1. The molecule has 0 aromatic heterocycles. The van der Waals surface area contributed by atoms with E-state index in [0.717, 1.165) is 32.1 Å². The minimum Gasteiger partial charge on any atom is -0.481 e. The van der Waals surface area contributed by atoms with E-state index >= 15 is 0 Å². The van der Waals surface area contributed by atoms with Crippen LogP contribution >= 0.6 is 0 Å². The fraction of sp³-hybridized carbons (Fsp3) is 0.900. The Bertz CT molecular complexity index is 952. The zero-order chi connectivity index (χ0) is 26.0. The van der Waals surface area contributed by atoms with E-state index in [2.05, 4.69) is 47.6 Å². The first-order valence-electron chi connectivity index (χ1n) is 14.0. The third-order valence-corrected chi connectivity index (χ3v) is 13.6. The summed E-state index contributed by atoms with van der Waals surface area (Å²) in [7, 11) is 0. The van der Waals surface area contributed by atoms with E-state index in [1.54, 1.807) is 0 Å². The van der Waals surface area contributed by atoms with Crippen LogP contribution in [0, 0.1) is 50.7 Å². The molecule has 5 rings (SSSR count). The number of carbonyl (C=O) groups is 1. The molecule has 5 aliphatic rings. The Balaban J connectivity index is 1.66. The van der Waals surface area contributed by atoms with E-state index < -0.39 is 29.2 Å². The van der Waals surface area contributed by atoms with Crippen molar-refractivity contribution in [1.29, 1.82) is 0 Å². The summed E-state index contributed by atoms with van der Waals surface area (Å²) in [6.07, 6.45) is 7.18. The molecule has 11 atom stereocenters. The van der Waals surface area contributed by atoms with E-state index in [4.69, 9.17) is 0 Å². The highest BCUT2D eigenvalue weighted by Gasteiger charge is 2.72. The highest BCUT2D eigenvalue weighted by molar-refractivity contribution is 5.77. The second-order valence-corrected chi connectivity index (χ2v) is 14.8. The smallest absolute Gasteiger partial charge is 0.310 e. The number of fused-ring (bicyclic) bond motifs is 7. The summed E-state index contributed by atoms with van der Waals surface area (Å²) in [5.41, 5.74) is -1.70. The summed E-state index contributed by atoms with van der Waals surface area (Å²) in [6.45, 7) is 15.3. The molecule has 11 unspecified atom stereocenters. The fourth-order valence-electron chi connectivity index (χ4n) is 10.8. The number of carboxylic acids is 1. The van der Waals surface area contributed by atoms with Crippen LogP contribution in [0.5, 0.6) is 0 Å². The third-order valence-electron chi connectivity index (χ3n) is 13.6. The second-order valence-electron chi connectivity index (χ2n) is 14.8. The monoisotopic (exact) mass is 488 g/mol. The zero-order valence-corrected chi connectivity index (χ0v) is 22.9. The molecule has 0 amide bonds.